The fraction of sp³-hybridized carbons (Fsp3) is 0.500. The summed E-state index contributed by atoms with van der Waals surface area (Å²) in [4.78, 5) is 42.4. The van der Waals surface area contributed by atoms with Gasteiger partial charge in [0.2, 0.25) is 5.91 Å². The summed E-state index contributed by atoms with van der Waals surface area (Å²) in [6, 6.07) is 0. The fourth-order valence-corrected chi connectivity index (χ4v) is 1.28. The van der Waals surface area contributed by atoms with Crippen LogP contribution in [-0.4, -0.2) is 74.3 Å². The van der Waals surface area contributed by atoms with E-state index in [-0.39, 0.29) is 11.9 Å². The minimum atomic E-state index is -2.74. The SMILES string of the molecule is CN1CC(=O)NC1=N.O=C(O)CC(O)(CC(=O)O)C(=O)O. The highest BCUT2D eigenvalue weighted by molar-refractivity contribution is 6.02. The Labute approximate surface area is 118 Å². The first-order chi connectivity index (χ1) is 9.47. The normalized spacial score (nSPS) is 14.1. The van der Waals surface area contributed by atoms with Crippen LogP contribution in [0.5, 0.6) is 0 Å². The van der Waals surface area contributed by atoms with E-state index in [2.05, 4.69) is 5.32 Å². The van der Waals surface area contributed by atoms with Crippen LogP contribution >= 0.6 is 0 Å². The molecule has 1 aliphatic heterocycles. The number of carbonyl (C=O) groups is 4. The molecule has 0 aliphatic carbocycles. The van der Waals surface area contributed by atoms with Crippen LogP contribution in [0.1, 0.15) is 12.8 Å². The molecule has 118 valence electrons. The third kappa shape index (κ3) is 6.33. The van der Waals surface area contributed by atoms with E-state index in [1.807, 2.05) is 0 Å². The number of guanidine groups is 1. The van der Waals surface area contributed by atoms with E-state index in [0.717, 1.165) is 0 Å². The van der Waals surface area contributed by atoms with Gasteiger partial charge >= 0.3 is 17.9 Å². The summed E-state index contributed by atoms with van der Waals surface area (Å²) in [5.41, 5.74) is -2.74. The van der Waals surface area contributed by atoms with Crippen molar-refractivity contribution < 1.29 is 39.6 Å². The Morgan fingerprint density at radius 2 is 1.67 bits per heavy atom. The Kier molecular flexibility index (Phi) is 6.27. The largest absolute Gasteiger partial charge is 0.481 e. The summed E-state index contributed by atoms with van der Waals surface area (Å²) in [5, 5.41) is 43.1. The molecule has 0 aromatic carbocycles. The summed E-state index contributed by atoms with van der Waals surface area (Å²) in [7, 11) is 1.69. The summed E-state index contributed by atoms with van der Waals surface area (Å²) in [6.45, 7) is 0.318. The quantitative estimate of drug-likeness (QED) is 0.325. The molecule has 11 heteroatoms. The molecule has 0 bridgehead atoms. The van der Waals surface area contributed by atoms with Gasteiger partial charge in [0.25, 0.3) is 0 Å². The number of rotatable bonds is 5. The molecule has 0 aromatic heterocycles. The minimum absolute atomic E-state index is 0.0995. The van der Waals surface area contributed by atoms with E-state index in [0.29, 0.717) is 6.54 Å². The molecule has 11 nitrogen and oxygen atoms in total. The van der Waals surface area contributed by atoms with Gasteiger partial charge in [0, 0.05) is 7.05 Å². The third-order valence-electron chi connectivity index (χ3n) is 2.31. The Hall–Kier alpha value is -2.69. The lowest BCUT2D eigenvalue weighted by Gasteiger charge is -2.18. The second kappa shape index (κ2) is 7.19. The Morgan fingerprint density at radius 3 is 1.81 bits per heavy atom. The number of carboxylic acid groups (broad SMARTS) is 3. The molecule has 1 saturated heterocycles. The van der Waals surface area contributed by atoms with Crippen molar-refractivity contribution in [3.8, 4) is 0 Å². The van der Waals surface area contributed by atoms with Crippen LogP contribution in [0.4, 0.5) is 0 Å². The highest BCUT2D eigenvalue weighted by atomic mass is 16.4. The van der Waals surface area contributed by atoms with Crippen molar-refractivity contribution in [2.75, 3.05) is 13.6 Å². The topological polar surface area (TPSA) is 188 Å². The van der Waals surface area contributed by atoms with Crippen molar-refractivity contribution >= 4 is 29.8 Å². The number of nitrogens with one attached hydrogen (secondary N) is 2. The van der Waals surface area contributed by atoms with Crippen LogP contribution < -0.4 is 5.32 Å². The Bertz CT molecular complexity index is 459. The maximum Gasteiger partial charge on any atom is 0.336 e. The van der Waals surface area contributed by atoms with Crippen LogP contribution in [0.2, 0.25) is 0 Å². The molecule has 0 aromatic rings. The van der Waals surface area contributed by atoms with Crippen LogP contribution in [-0.2, 0) is 19.2 Å². The smallest absolute Gasteiger partial charge is 0.336 e. The standard InChI is InChI=1S/C6H8O7.C4H7N3O/c7-3(8)1-6(13,5(11)12)2-4(9)10;1-7-2-3(8)6-4(7)5/h13H,1-2H2,(H,7,8)(H,9,10)(H,11,12);2H2,1H3,(H2,5,6,8). The van der Waals surface area contributed by atoms with Gasteiger partial charge in [0.1, 0.15) is 0 Å². The molecule has 1 heterocycles. The van der Waals surface area contributed by atoms with Crippen molar-refractivity contribution in [2.45, 2.75) is 18.4 Å². The predicted octanol–water partition coefficient (Wildman–Crippen LogP) is -2.27. The van der Waals surface area contributed by atoms with Crippen molar-refractivity contribution in [1.29, 1.82) is 5.41 Å². The van der Waals surface area contributed by atoms with E-state index in [1.165, 1.54) is 0 Å². The van der Waals surface area contributed by atoms with Gasteiger partial charge in [-0.1, -0.05) is 0 Å². The van der Waals surface area contributed by atoms with Gasteiger partial charge in [-0.2, -0.15) is 0 Å². The average Bonchev–Trinajstić information content (AvgIpc) is 2.54. The molecule has 1 amide bonds. The first kappa shape index (κ1) is 18.3. The van der Waals surface area contributed by atoms with Crippen LogP contribution in [0, 0.1) is 5.41 Å². The molecule has 0 radical (unpaired) electrons. The van der Waals surface area contributed by atoms with Gasteiger partial charge in [-0.15, -0.1) is 0 Å². The molecule has 0 spiro atoms. The maximum absolute atomic E-state index is 10.4. The van der Waals surface area contributed by atoms with Crippen LogP contribution in [0.3, 0.4) is 0 Å². The van der Waals surface area contributed by atoms with Gasteiger partial charge < -0.3 is 25.3 Å². The second-order valence-corrected chi connectivity index (χ2v) is 4.23. The molecule has 6 N–H and O–H groups in total. The average molecular weight is 305 g/mol. The number of aliphatic hydroxyl groups is 1. The predicted molar refractivity (Wildman–Crippen MR) is 65.6 cm³/mol. The molecule has 1 aliphatic rings. The summed E-state index contributed by atoms with van der Waals surface area (Å²) < 4.78 is 0. The van der Waals surface area contributed by atoms with Gasteiger partial charge in [0.05, 0.1) is 19.4 Å². The number of aliphatic carboxylic acids is 3. The number of carboxylic acids is 3. The van der Waals surface area contributed by atoms with E-state index < -0.39 is 36.4 Å². The van der Waals surface area contributed by atoms with Crippen molar-refractivity contribution in [3.05, 3.63) is 0 Å². The highest BCUT2D eigenvalue weighted by Gasteiger charge is 2.40. The number of amides is 1. The Balaban J connectivity index is 0.000000423. The molecular weight excluding hydrogens is 290 g/mol. The van der Waals surface area contributed by atoms with Gasteiger partial charge in [0.15, 0.2) is 11.6 Å². The number of nitrogens with zero attached hydrogens (tertiary/aromatic N) is 1. The maximum atomic E-state index is 10.4. The lowest BCUT2D eigenvalue weighted by Crippen LogP contribution is -2.42. The number of hydrogen-bond acceptors (Lipinski definition) is 6. The molecule has 1 fully saturated rings. The number of hydrogen-bond donors (Lipinski definition) is 6. The van der Waals surface area contributed by atoms with Gasteiger partial charge in [-0.25, -0.2) is 4.79 Å². The van der Waals surface area contributed by atoms with E-state index in [9.17, 15) is 19.2 Å². The summed E-state index contributed by atoms with van der Waals surface area (Å²) >= 11 is 0. The van der Waals surface area contributed by atoms with Crippen molar-refractivity contribution in [2.24, 2.45) is 0 Å². The minimum Gasteiger partial charge on any atom is -0.481 e. The molecule has 0 saturated carbocycles. The van der Waals surface area contributed by atoms with Crippen LogP contribution in [0.25, 0.3) is 0 Å². The third-order valence-corrected chi connectivity index (χ3v) is 2.31. The van der Waals surface area contributed by atoms with Crippen molar-refractivity contribution in [3.63, 3.8) is 0 Å². The molecule has 0 atom stereocenters. The lowest BCUT2D eigenvalue weighted by atomic mass is 9.96. The van der Waals surface area contributed by atoms with Crippen LogP contribution in [0.15, 0.2) is 0 Å². The van der Waals surface area contributed by atoms with Gasteiger partial charge in [-0.05, 0) is 0 Å². The van der Waals surface area contributed by atoms with E-state index in [1.54, 1.807) is 11.9 Å². The number of carbonyl (C=O) groups excluding carboxylic acids is 1. The molecular formula is C10H15N3O8. The lowest BCUT2D eigenvalue weighted by molar-refractivity contribution is -0.170. The second-order valence-electron chi connectivity index (χ2n) is 4.23. The Morgan fingerprint density at radius 1 is 1.24 bits per heavy atom. The fourth-order valence-electron chi connectivity index (χ4n) is 1.28. The van der Waals surface area contributed by atoms with E-state index in [4.69, 9.17) is 25.8 Å². The molecule has 0 unspecified atom stereocenters. The molecule has 21 heavy (non-hydrogen) atoms. The van der Waals surface area contributed by atoms with E-state index >= 15 is 0 Å². The highest BCUT2D eigenvalue weighted by Crippen LogP contribution is 2.15. The van der Waals surface area contributed by atoms with Crippen molar-refractivity contribution in [1.82, 2.24) is 10.2 Å². The van der Waals surface area contributed by atoms with Gasteiger partial charge in [-0.3, -0.25) is 25.1 Å². The zero-order valence-electron chi connectivity index (χ0n) is 11.0. The zero-order chi connectivity index (χ0) is 16.8. The monoisotopic (exact) mass is 305 g/mol. The first-order valence-electron chi connectivity index (χ1n) is 5.47. The molecule has 1 rings (SSSR count). The number of likely N-dealkylation sites (N-methyl/N-ethyl adjacent to an activating group) is 1. The first-order valence-corrected chi connectivity index (χ1v) is 5.47. The zero-order valence-corrected chi connectivity index (χ0v) is 11.0. The summed E-state index contributed by atoms with van der Waals surface area (Å²) in [6.07, 6.45) is -2.29. The summed E-state index contributed by atoms with van der Waals surface area (Å²) in [5.74, 6) is -4.93.